The van der Waals surface area contributed by atoms with Crippen LogP contribution in [0.5, 0.6) is 5.75 Å². The topological polar surface area (TPSA) is 48.6 Å². The van der Waals surface area contributed by atoms with Gasteiger partial charge in [-0.25, -0.2) is 0 Å². The molecular formula is C24H29N3O2. The molecule has 1 aromatic heterocycles. The Morgan fingerprint density at radius 2 is 2.07 bits per heavy atom. The number of carbonyl (C=O) groups is 1. The summed E-state index contributed by atoms with van der Waals surface area (Å²) in [6.45, 7) is 5.56. The van der Waals surface area contributed by atoms with E-state index in [2.05, 4.69) is 28.9 Å². The molecule has 5 heteroatoms. The Morgan fingerprint density at radius 1 is 1.21 bits per heavy atom. The van der Waals surface area contributed by atoms with Gasteiger partial charge in [-0.2, -0.15) is 0 Å². The van der Waals surface area contributed by atoms with Crippen molar-refractivity contribution >= 4 is 22.5 Å². The van der Waals surface area contributed by atoms with Crippen molar-refractivity contribution in [3.63, 3.8) is 0 Å². The Hall–Kier alpha value is -2.95. The molecule has 0 spiro atoms. The van der Waals surface area contributed by atoms with E-state index in [0.717, 1.165) is 49.1 Å². The second-order valence-corrected chi connectivity index (χ2v) is 7.77. The highest BCUT2D eigenvalue weighted by Crippen LogP contribution is 2.27. The number of para-hydroxylation sites is 1. The summed E-state index contributed by atoms with van der Waals surface area (Å²) in [5, 5.41) is 1.08. The zero-order chi connectivity index (χ0) is 20.2. The van der Waals surface area contributed by atoms with Crippen molar-refractivity contribution in [1.29, 1.82) is 0 Å². The first-order chi connectivity index (χ1) is 14.2. The highest BCUT2D eigenvalue weighted by Gasteiger charge is 2.25. The second-order valence-electron chi connectivity index (χ2n) is 7.77. The molecule has 1 aliphatic heterocycles. The van der Waals surface area contributed by atoms with Gasteiger partial charge in [-0.3, -0.25) is 4.79 Å². The first-order valence-electron chi connectivity index (χ1n) is 10.4. The van der Waals surface area contributed by atoms with Crippen molar-refractivity contribution in [2.24, 2.45) is 5.92 Å². The van der Waals surface area contributed by atoms with Crippen molar-refractivity contribution in [2.75, 3.05) is 38.2 Å². The minimum Gasteiger partial charge on any atom is -0.497 e. The van der Waals surface area contributed by atoms with Gasteiger partial charge < -0.3 is 19.5 Å². The van der Waals surface area contributed by atoms with E-state index in [9.17, 15) is 4.79 Å². The molecule has 5 nitrogen and oxygen atoms in total. The minimum absolute atomic E-state index is 0.0854. The van der Waals surface area contributed by atoms with E-state index in [1.165, 1.54) is 5.69 Å². The first kappa shape index (κ1) is 19.4. The number of ether oxygens (including phenoxy) is 1. The summed E-state index contributed by atoms with van der Waals surface area (Å²) in [6, 6.07) is 18.2. The average molecular weight is 392 g/mol. The van der Waals surface area contributed by atoms with E-state index in [1.54, 1.807) is 7.11 Å². The van der Waals surface area contributed by atoms with Gasteiger partial charge in [0.15, 0.2) is 0 Å². The predicted molar refractivity (Wildman–Crippen MR) is 118 cm³/mol. The number of aromatic amines is 1. The number of rotatable bonds is 6. The largest absolute Gasteiger partial charge is 0.497 e. The average Bonchev–Trinajstić information content (AvgIpc) is 3.21. The van der Waals surface area contributed by atoms with Gasteiger partial charge in [0.2, 0.25) is 0 Å². The number of piperidine rings is 1. The highest BCUT2D eigenvalue weighted by molar-refractivity contribution is 5.98. The smallest absolute Gasteiger partial charge is 0.270 e. The van der Waals surface area contributed by atoms with Crippen LogP contribution in [0.4, 0.5) is 5.69 Å². The number of hydrogen-bond donors (Lipinski definition) is 1. The number of fused-ring (bicyclic) bond motifs is 1. The van der Waals surface area contributed by atoms with Crippen LogP contribution in [0.15, 0.2) is 54.6 Å². The lowest BCUT2D eigenvalue weighted by atomic mass is 9.96. The lowest BCUT2D eigenvalue weighted by molar-refractivity contribution is 0.0727. The lowest BCUT2D eigenvalue weighted by Gasteiger charge is -2.36. The number of benzene rings is 2. The number of hydrogen-bond acceptors (Lipinski definition) is 3. The molecular weight excluding hydrogens is 362 g/mol. The molecule has 29 heavy (non-hydrogen) atoms. The van der Waals surface area contributed by atoms with Gasteiger partial charge in [-0.05, 0) is 49.9 Å². The van der Waals surface area contributed by atoms with Crippen molar-refractivity contribution in [2.45, 2.75) is 19.8 Å². The fourth-order valence-electron chi connectivity index (χ4n) is 4.28. The molecule has 152 valence electrons. The van der Waals surface area contributed by atoms with Crippen LogP contribution in [-0.2, 0) is 0 Å². The normalized spacial score (nSPS) is 16.8. The van der Waals surface area contributed by atoms with Crippen LogP contribution in [0.3, 0.4) is 0 Å². The Kier molecular flexibility index (Phi) is 5.74. The number of aromatic nitrogens is 1. The molecule has 1 amide bonds. The minimum atomic E-state index is 0.0854. The molecule has 1 N–H and O–H groups in total. The van der Waals surface area contributed by atoms with E-state index >= 15 is 0 Å². The summed E-state index contributed by atoms with van der Waals surface area (Å²) in [5.74, 6) is 1.43. The van der Waals surface area contributed by atoms with E-state index in [0.29, 0.717) is 18.2 Å². The molecule has 1 unspecified atom stereocenters. The maximum absolute atomic E-state index is 13.1. The van der Waals surface area contributed by atoms with Crippen LogP contribution < -0.4 is 9.64 Å². The maximum Gasteiger partial charge on any atom is 0.270 e. The number of nitrogens with zero attached hydrogens (tertiary/aromatic N) is 2. The van der Waals surface area contributed by atoms with Crippen molar-refractivity contribution in [3.05, 3.63) is 60.3 Å². The van der Waals surface area contributed by atoms with E-state index in [4.69, 9.17) is 4.74 Å². The van der Waals surface area contributed by atoms with E-state index < -0.39 is 0 Å². The number of amides is 1. The van der Waals surface area contributed by atoms with Crippen molar-refractivity contribution in [3.8, 4) is 5.75 Å². The number of H-pyrrole nitrogens is 1. The molecule has 0 radical (unpaired) electrons. The summed E-state index contributed by atoms with van der Waals surface area (Å²) in [6.07, 6.45) is 2.29. The predicted octanol–water partition coefficient (Wildman–Crippen LogP) is 4.56. The monoisotopic (exact) mass is 391 g/mol. The van der Waals surface area contributed by atoms with Crippen molar-refractivity contribution < 1.29 is 9.53 Å². The van der Waals surface area contributed by atoms with Crippen LogP contribution in [-0.4, -0.2) is 49.1 Å². The number of nitrogens with one attached hydrogen (secondary N) is 1. The Morgan fingerprint density at radius 3 is 2.86 bits per heavy atom. The quantitative estimate of drug-likeness (QED) is 0.670. The van der Waals surface area contributed by atoms with Crippen LogP contribution >= 0.6 is 0 Å². The molecule has 2 aromatic carbocycles. The van der Waals surface area contributed by atoms with Gasteiger partial charge in [0.25, 0.3) is 5.91 Å². The van der Waals surface area contributed by atoms with Gasteiger partial charge in [-0.15, -0.1) is 0 Å². The standard InChI is InChI=1S/C24H29N3O2/c1-3-26(24(28)23-14-19-9-4-5-12-22(19)25-23)16-18-8-7-13-27(17-18)20-10-6-11-21(15-20)29-2/h4-6,9-12,14-15,18,25H,3,7-8,13,16-17H2,1-2H3. The number of anilines is 1. The Balaban J connectivity index is 1.45. The van der Waals surface area contributed by atoms with Crippen LogP contribution in [0.1, 0.15) is 30.3 Å². The van der Waals surface area contributed by atoms with E-state index in [1.807, 2.05) is 47.4 Å². The summed E-state index contributed by atoms with van der Waals surface area (Å²) < 4.78 is 5.38. The van der Waals surface area contributed by atoms with Gasteiger partial charge in [-0.1, -0.05) is 24.3 Å². The lowest BCUT2D eigenvalue weighted by Crippen LogP contribution is -2.43. The number of carbonyl (C=O) groups excluding carboxylic acids is 1. The summed E-state index contributed by atoms with van der Waals surface area (Å²) in [4.78, 5) is 20.8. The van der Waals surface area contributed by atoms with Gasteiger partial charge in [0.1, 0.15) is 11.4 Å². The Labute approximate surface area is 172 Å². The third-order valence-electron chi connectivity index (χ3n) is 5.85. The second kappa shape index (κ2) is 8.60. The first-order valence-corrected chi connectivity index (χ1v) is 10.4. The van der Waals surface area contributed by atoms with Gasteiger partial charge in [0.05, 0.1) is 7.11 Å². The van der Waals surface area contributed by atoms with E-state index in [-0.39, 0.29) is 5.91 Å². The SMILES string of the molecule is CCN(CC1CCCN(c2cccc(OC)c2)C1)C(=O)c1cc2ccccc2[nH]1. The molecule has 1 saturated heterocycles. The molecule has 3 aromatic rings. The molecule has 1 atom stereocenters. The highest BCUT2D eigenvalue weighted by atomic mass is 16.5. The molecule has 0 aliphatic carbocycles. The molecule has 0 saturated carbocycles. The fourth-order valence-corrected chi connectivity index (χ4v) is 4.28. The molecule has 4 rings (SSSR count). The summed E-state index contributed by atoms with van der Waals surface area (Å²) >= 11 is 0. The number of methoxy groups -OCH3 is 1. The third-order valence-corrected chi connectivity index (χ3v) is 5.85. The summed E-state index contributed by atoms with van der Waals surface area (Å²) in [5.41, 5.74) is 2.88. The van der Waals surface area contributed by atoms with Crippen LogP contribution in [0.2, 0.25) is 0 Å². The van der Waals surface area contributed by atoms with Crippen LogP contribution in [0.25, 0.3) is 10.9 Å². The van der Waals surface area contributed by atoms with Gasteiger partial charge >= 0.3 is 0 Å². The Bertz CT molecular complexity index is 948. The summed E-state index contributed by atoms with van der Waals surface area (Å²) in [7, 11) is 1.70. The third kappa shape index (κ3) is 4.24. The molecule has 2 heterocycles. The molecule has 1 fully saturated rings. The fraction of sp³-hybridized carbons (Fsp3) is 0.375. The zero-order valence-electron chi connectivity index (χ0n) is 17.2. The molecule has 0 bridgehead atoms. The van der Waals surface area contributed by atoms with Gasteiger partial charge in [0, 0.05) is 48.8 Å². The molecule has 1 aliphatic rings. The van der Waals surface area contributed by atoms with Crippen molar-refractivity contribution in [1.82, 2.24) is 9.88 Å². The van der Waals surface area contributed by atoms with Crippen LogP contribution in [0, 0.1) is 5.92 Å². The maximum atomic E-state index is 13.1. The zero-order valence-corrected chi connectivity index (χ0v) is 17.2.